The first-order chi connectivity index (χ1) is 30.1. The zero-order valence-corrected chi connectivity index (χ0v) is 45.7. The van der Waals surface area contributed by atoms with E-state index in [0.29, 0.717) is 0 Å². The predicted octanol–water partition coefficient (Wildman–Crippen LogP) is 15.3. The molecule has 0 heterocycles. The van der Waals surface area contributed by atoms with E-state index in [-0.39, 0.29) is 65.9 Å². The summed E-state index contributed by atoms with van der Waals surface area (Å²) < 4.78 is 12.7. The number of aliphatic hydroxyl groups is 2. The van der Waals surface area contributed by atoms with Gasteiger partial charge < -0.3 is 19.7 Å². The van der Waals surface area contributed by atoms with Gasteiger partial charge in [0.1, 0.15) is 23.7 Å². The fourth-order valence-electron chi connectivity index (χ4n) is 9.74. The van der Waals surface area contributed by atoms with E-state index in [0.717, 1.165) is 46.2 Å². The molecule has 4 aromatic rings. The average Bonchev–Trinajstić information content (AvgIpc) is 3.15. The molecule has 0 spiro atoms. The molecule has 2 atom stereocenters. The lowest BCUT2D eigenvalue weighted by Gasteiger charge is -2.39. The molecule has 0 aromatic heterocycles. The lowest BCUT2D eigenvalue weighted by atomic mass is 9.69. The van der Waals surface area contributed by atoms with Crippen LogP contribution in [0.3, 0.4) is 0 Å². The van der Waals surface area contributed by atoms with Crippen LogP contribution in [0.1, 0.15) is 222 Å². The standard InChI is InChI=1S/C61H88O6/c1-53(2,3)37-59(19,20)41-23-27-47(28-24-41)66-51(64)61(49(62)39-31-43(55(7,8)9)35-44(32-39)56(10,11)12,50(63)40-33-45(57(13,14)15)36-46(34-40)58(16,17)18)52(65)67-48-29-25-42(26-30-48)60(21,22)38-54(4,5)6/h23-36,49-50,62-63H,37-38H2,1-22H3. The second-order valence-corrected chi connectivity index (χ2v) is 27.4. The maximum atomic E-state index is 15.8. The summed E-state index contributed by atoms with van der Waals surface area (Å²) in [7, 11) is 0. The topological polar surface area (TPSA) is 93.1 Å². The summed E-state index contributed by atoms with van der Waals surface area (Å²) in [6.07, 6.45) is -2.07. The highest BCUT2D eigenvalue weighted by molar-refractivity contribution is 6.03. The number of carbonyl (C=O) groups excluding carboxylic acids is 2. The number of carbonyl (C=O) groups is 2. The Bertz CT molecular complexity index is 2120. The molecule has 0 fully saturated rings. The summed E-state index contributed by atoms with van der Waals surface area (Å²) in [4.78, 5) is 31.5. The Morgan fingerprint density at radius 3 is 0.836 bits per heavy atom. The minimum absolute atomic E-state index is 0.0676. The van der Waals surface area contributed by atoms with Gasteiger partial charge in [0.05, 0.1) is 0 Å². The lowest BCUT2D eigenvalue weighted by Crippen LogP contribution is -2.53. The molecular weight excluding hydrogens is 829 g/mol. The van der Waals surface area contributed by atoms with Crippen molar-refractivity contribution in [1.29, 1.82) is 0 Å². The molecule has 0 saturated heterocycles. The Balaban J connectivity index is 2.11. The maximum absolute atomic E-state index is 15.8. The molecular formula is C61H88O6. The highest BCUT2D eigenvalue weighted by atomic mass is 16.6. The maximum Gasteiger partial charge on any atom is 0.335 e. The summed E-state index contributed by atoms with van der Waals surface area (Å²) >= 11 is 0. The Kier molecular flexibility index (Phi) is 15.6. The fourth-order valence-corrected chi connectivity index (χ4v) is 9.74. The molecule has 2 N–H and O–H groups in total. The molecule has 6 heteroatoms. The number of hydrogen-bond acceptors (Lipinski definition) is 6. The van der Waals surface area contributed by atoms with Crippen molar-refractivity contribution in [3.05, 3.63) is 129 Å². The molecule has 0 saturated carbocycles. The van der Waals surface area contributed by atoms with Gasteiger partial charge in [-0.25, -0.2) is 0 Å². The summed E-state index contributed by atoms with van der Waals surface area (Å²) in [5, 5.41) is 26.7. The average molecular weight is 917 g/mol. The van der Waals surface area contributed by atoms with Crippen LogP contribution in [0, 0.1) is 16.2 Å². The van der Waals surface area contributed by atoms with E-state index >= 15 is 9.59 Å². The van der Waals surface area contributed by atoms with Gasteiger partial charge in [-0.05, 0) is 125 Å². The number of esters is 2. The van der Waals surface area contributed by atoms with Gasteiger partial charge in [-0.2, -0.15) is 0 Å². The first-order valence-electron chi connectivity index (χ1n) is 24.4. The molecule has 0 aliphatic heterocycles. The minimum atomic E-state index is -2.76. The van der Waals surface area contributed by atoms with Gasteiger partial charge in [-0.1, -0.05) is 213 Å². The lowest BCUT2D eigenvalue weighted by molar-refractivity contribution is -0.184. The van der Waals surface area contributed by atoms with E-state index < -0.39 is 29.6 Å². The van der Waals surface area contributed by atoms with E-state index in [9.17, 15) is 10.2 Å². The Morgan fingerprint density at radius 1 is 0.388 bits per heavy atom. The van der Waals surface area contributed by atoms with Crippen molar-refractivity contribution >= 4 is 11.9 Å². The molecule has 2 unspecified atom stereocenters. The largest absolute Gasteiger partial charge is 0.426 e. The first-order valence-corrected chi connectivity index (χ1v) is 24.4. The van der Waals surface area contributed by atoms with Gasteiger partial charge in [-0.3, -0.25) is 9.59 Å². The van der Waals surface area contributed by atoms with Crippen molar-refractivity contribution in [3.63, 3.8) is 0 Å². The normalized spacial score (nSPS) is 14.7. The molecule has 4 rings (SSSR count). The number of hydrogen-bond donors (Lipinski definition) is 2. The predicted molar refractivity (Wildman–Crippen MR) is 278 cm³/mol. The van der Waals surface area contributed by atoms with E-state index in [2.05, 4.69) is 164 Å². The molecule has 67 heavy (non-hydrogen) atoms. The third-order valence-electron chi connectivity index (χ3n) is 13.2. The zero-order chi connectivity index (χ0) is 51.3. The Hall–Kier alpha value is -4.26. The van der Waals surface area contributed by atoms with Crippen molar-refractivity contribution in [2.24, 2.45) is 16.2 Å². The van der Waals surface area contributed by atoms with Gasteiger partial charge in [-0.15, -0.1) is 0 Å². The van der Waals surface area contributed by atoms with Crippen molar-refractivity contribution in [1.82, 2.24) is 0 Å². The van der Waals surface area contributed by atoms with Crippen LogP contribution in [-0.2, 0) is 42.1 Å². The van der Waals surface area contributed by atoms with Gasteiger partial charge in [0.25, 0.3) is 0 Å². The van der Waals surface area contributed by atoms with E-state index in [4.69, 9.17) is 9.47 Å². The van der Waals surface area contributed by atoms with Crippen LogP contribution in [0.15, 0.2) is 84.9 Å². The molecule has 0 amide bonds. The Morgan fingerprint density at radius 2 is 0.627 bits per heavy atom. The minimum Gasteiger partial charge on any atom is -0.426 e. The first kappa shape index (κ1) is 55.3. The highest BCUT2D eigenvalue weighted by Gasteiger charge is 2.62. The smallest absolute Gasteiger partial charge is 0.335 e. The second kappa shape index (κ2) is 18.9. The van der Waals surface area contributed by atoms with Gasteiger partial charge in [0, 0.05) is 0 Å². The summed E-state index contributed by atoms with van der Waals surface area (Å²) in [5.74, 6) is -1.95. The van der Waals surface area contributed by atoms with Crippen LogP contribution in [-0.4, -0.2) is 22.2 Å². The van der Waals surface area contributed by atoms with Crippen LogP contribution >= 0.6 is 0 Å². The number of rotatable bonds is 12. The van der Waals surface area contributed by atoms with Crippen molar-refractivity contribution in [2.45, 2.75) is 210 Å². The molecule has 6 nitrogen and oxygen atoms in total. The highest BCUT2D eigenvalue weighted by Crippen LogP contribution is 2.50. The summed E-state index contributed by atoms with van der Waals surface area (Å²) in [5.41, 5.74) is 1.73. The van der Waals surface area contributed by atoms with Crippen LogP contribution in [0.25, 0.3) is 0 Å². The third-order valence-corrected chi connectivity index (χ3v) is 13.2. The Labute approximate surface area is 406 Å². The van der Waals surface area contributed by atoms with Crippen LogP contribution in [0.5, 0.6) is 11.5 Å². The van der Waals surface area contributed by atoms with Gasteiger partial charge in [0.15, 0.2) is 0 Å². The van der Waals surface area contributed by atoms with Crippen LogP contribution in [0.4, 0.5) is 0 Å². The third kappa shape index (κ3) is 13.5. The number of benzene rings is 4. The molecule has 0 radical (unpaired) electrons. The van der Waals surface area contributed by atoms with Crippen molar-refractivity contribution in [2.75, 3.05) is 0 Å². The molecule has 0 aliphatic rings. The zero-order valence-electron chi connectivity index (χ0n) is 45.7. The summed E-state index contributed by atoms with van der Waals surface area (Å²) in [6, 6.07) is 26.2. The SMILES string of the molecule is CC(C)(C)CC(C)(C)c1ccc(OC(=O)C(C(=O)Oc2ccc(C(C)(C)CC(C)(C)C)cc2)(C(O)c2cc(C(C)(C)C)cc(C(C)(C)C)c2)C(O)c2cc(C(C)(C)C)cc(C(C)(C)C)c2)cc1. The number of aliphatic hydroxyl groups excluding tert-OH is 2. The van der Waals surface area contributed by atoms with E-state index in [1.165, 1.54) is 0 Å². The van der Waals surface area contributed by atoms with Crippen molar-refractivity contribution in [3.8, 4) is 11.5 Å². The van der Waals surface area contributed by atoms with Crippen LogP contribution in [0.2, 0.25) is 0 Å². The molecule has 4 aromatic carbocycles. The molecule has 368 valence electrons. The van der Waals surface area contributed by atoms with Crippen molar-refractivity contribution < 1.29 is 29.3 Å². The van der Waals surface area contributed by atoms with E-state index in [1.54, 1.807) is 24.3 Å². The quantitative estimate of drug-likeness (QED) is 0.0835. The monoisotopic (exact) mass is 917 g/mol. The molecule has 0 aliphatic carbocycles. The van der Waals surface area contributed by atoms with Crippen LogP contribution < -0.4 is 9.47 Å². The van der Waals surface area contributed by atoms with Gasteiger partial charge >= 0.3 is 11.9 Å². The second-order valence-electron chi connectivity index (χ2n) is 27.4. The molecule has 0 bridgehead atoms. The van der Waals surface area contributed by atoms with E-state index in [1.807, 2.05) is 48.5 Å². The fraction of sp³-hybridized carbons (Fsp3) is 0.574. The van der Waals surface area contributed by atoms with Gasteiger partial charge in [0.2, 0.25) is 5.41 Å². The summed E-state index contributed by atoms with van der Waals surface area (Å²) in [6.45, 7) is 47.1. The number of ether oxygens (including phenoxy) is 2.